The number of hydrogen-bond acceptors (Lipinski definition) is 2. The van der Waals surface area contributed by atoms with E-state index in [-0.39, 0.29) is 6.04 Å². The number of nitrogens with zero attached hydrogens (tertiary/aromatic N) is 1. The van der Waals surface area contributed by atoms with E-state index in [2.05, 4.69) is 17.4 Å². The Morgan fingerprint density at radius 3 is 2.62 bits per heavy atom. The van der Waals surface area contributed by atoms with Crippen molar-refractivity contribution in [2.45, 2.75) is 32.7 Å². The van der Waals surface area contributed by atoms with Gasteiger partial charge in [0.25, 0.3) is 0 Å². The molecule has 0 saturated heterocycles. The Labute approximate surface area is 96.8 Å². The highest BCUT2D eigenvalue weighted by molar-refractivity contribution is 5.67. The van der Waals surface area contributed by atoms with Gasteiger partial charge in [-0.3, -0.25) is 0 Å². The molecule has 0 aliphatic heterocycles. The lowest BCUT2D eigenvalue weighted by Gasteiger charge is -2.06. The molecule has 0 spiro atoms. The molecule has 0 fully saturated rings. The van der Waals surface area contributed by atoms with Gasteiger partial charge in [0.15, 0.2) is 0 Å². The fraction of sp³-hybridized carbons (Fsp3) is 0.462. The summed E-state index contributed by atoms with van der Waals surface area (Å²) in [6.45, 7) is 4.14. The maximum Gasteiger partial charge on any atom is 0.429 e. The molecule has 0 aliphatic rings. The maximum atomic E-state index is 11.1. The minimum Gasteiger partial charge on any atom is -0.448 e. The number of carbonyl (C=O) groups excluding carboxylic acids is 1. The van der Waals surface area contributed by atoms with Crippen LogP contribution in [0, 0.1) is 0 Å². The van der Waals surface area contributed by atoms with Gasteiger partial charge in [-0.2, -0.15) is 0 Å². The summed E-state index contributed by atoms with van der Waals surface area (Å²) in [6.07, 6.45) is 1.31. The maximum absolute atomic E-state index is 11.1. The second-order valence-corrected chi connectivity index (χ2v) is 3.93. The highest BCUT2D eigenvalue weighted by Crippen LogP contribution is 2.02. The van der Waals surface area contributed by atoms with Gasteiger partial charge in [0, 0.05) is 0 Å². The average molecular weight is 220 g/mol. The van der Waals surface area contributed by atoms with Gasteiger partial charge in [0.05, 0.1) is 12.6 Å². The molecular weight excluding hydrogens is 202 g/mol. The summed E-state index contributed by atoms with van der Waals surface area (Å²) in [4.78, 5) is 11.1. The summed E-state index contributed by atoms with van der Waals surface area (Å²) in [5, 5.41) is 3.76. The first-order valence-corrected chi connectivity index (χ1v) is 5.60. The van der Waals surface area contributed by atoms with Crippen molar-refractivity contribution in [3.63, 3.8) is 0 Å². The zero-order valence-corrected chi connectivity index (χ0v) is 9.85. The number of carbonyl (C=O) groups is 1. The van der Waals surface area contributed by atoms with Crippen molar-refractivity contribution in [2.75, 3.05) is 6.61 Å². The van der Waals surface area contributed by atoms with E-state index in [1.54, 1.807) is 0 Å². The normalized spacial score (nSPS) is 10.2. The predicted octanol–water partition coefficient (Wildman–Crippen LogP) is 2.77. The lowest BCUT2D eigenvalue weighted by molar-refractivity contribution is 0.141. The highest BCUT2D eigenvalue weighted by Gasteiger charge is 2.05. The summed E-state index contributed by atoms with van der Waals surface area (Å²) in [5.74, 6) is 0. The Morgan fingerprint density at radius 1 is 1.31 bits per heavy atom. The first-order chi connectivity index (χ1) is 7.68. The molecule has 3 heteroatoms. The molecule has 0 aromatic heterocycles. The topological polar surface area (TPSA) is 40.4 Å². The van der Waals surface area contributed by atoms with Crippen LogP contribution in [0.15, 0.2) is 30.3 Å². The van der Waals surface area contributed by atoms with Crippen LogP contribution in [0.25, 0.3) is 0 Å². The second kappa shape index (κ2) is 6.88. The van der Waals surface area contributed by atoms with E-state index in [4.69, 9.17) is 4.74 Å². The van der Waals surface area contributed by atoms with Gasteiger partial charge >= 0.3 is 6.09 Å². The summed E-state index contributed by atoms with van der Waals surface area (Å²) in [7, 11) is 0. The number of hydrogen-bond donors (Lipinski definition) is 0. The third-order valence-corrected chi connectivity index (χ3v) is 2.04. The number of amides is 1. The molecule has 0 atom stereocenters. The van der Waals surface area contributed by atoms with Crippen molar-refractivity contribution in [3.05, 3.63) is 35.9 Å². The number of benzene rings is 1. The molecule has 0 unspecified atom stereocenters. The highest BCUT2D eigenvalue weighted by atomic mass is 16.5. The fourth-order valence-corrected chi connectivity index (χ4v) is 1.33. The van der Waals surface area contributed by atoms with E-state index >= 15 is 0 Å². The fourth-order valence-electron chi connectivity index (χ4n) is 1.33. The minimum absolute atomic E-state index is 0.00150. The quantitative estimate of drug-likeness (QED) is 0.716. The van der Waals surface area contributed by atoms with Crippen molar-refractivity contribution >= 4 is 6.09 Å². The zero-order chi connectivity index (χ0) is 11.8. The molecule has 0 heterocycles. The zero-order valence-electron chi connectivity index (χ0n) is 9.85. The second-order valence-electron chi connectivity index (χ2n) is 3.93. The van der Waals surface area contributed by atoms with Crippen LogP contribution in [0.5, 0.6) is 0 Å². The number of ether oxygens (including phenoxy) is 1. The van der Waals surface area contributed by atoms with Crippen LogP contribution in [0.3, 0.4) is 0 Å². The van der Waals surface area contributed by atoms with Crippen molar-refractivity contribution in [3.8, 4) is 0 Å². The molecule has 1 aromatic rings. The van der Waals surface area contributed by atoms with Crippen molar-refractivity contribution in [1.82, 2.24) is 5.32 Å². The van der Waals surface area contributed by atoms with Crippen molar-refractivity contribution < 1.29 is 9.53 Å². The Hall–Kier alpha value is -1.51. The van der Waals surface area contributed by atoms with Gasteiger partial charge < -0.3 is 4.74 Å². The molecule has 3 nitrogen and oxygen atoms in total. The van der Waals surface area contributed by atoms with Crippen LogP contribution in [0.2, 0.25) is 0 Å². The van der Waals surface area contributed by atoms with E-state index < -0.39 is 6.09 Å². The van der Waals surface area contributed by atoms with E-state index in [1.165, 1.54) is 5.56 Å². The SMILES string of the molecule is CC(C)[N]C(=O)OCCCc1ccccc1. The Morgan fingerprint density at radius 2 is 2.00 bits per heavy atom. The van der Waals surface area contributed by atoms with Crippen LogP contribution in [-0.4, -0.2) is 18.7 Å². The lowest BCUT2D eigenvalue weighted by atomic mass is 10.1. The Balaban J connectivity index is 2.10. The number of rotatable bonds is 5. The molecule has 0 aliphatic carbocycles. The van der Waals surface area contributed by atoms with Crippen LogP contribution in [-0.2, 0) is 11.2 Å². The molecule has 0 N–H and O–H groups in total. The van der Waals surface area contributed by atoms with Crippen LogP contribution in [0.1, 0.15) is 25.8 Å². The smallest absolute Gasteiger partial charge is 0.429 e. The molecular formula is C13H18NO2. The molecule has 1 radical (unpaired) electrons. The first-order valence-electron chi connectivity index (χ1n) is 5.60. The van der Waals surface area contributed by atoms with E-state index in [1.807, 2.05) is 32.0 Å². The molecule has 16 heavy (non-hydrogen) atoms. The van der Waals surface area contributed by atoms with Gasteiger partial charge in [-0.1, -0.05) is 30.3 Å². The Bertz CT molecular complexity index is 309. The number of aryl methyl sites for hydroxylation is 1. The molecule has 1 aromatic carbocycles. The minimum atomic E-state index is -0.455. The third kappa shape index (κ3) is 5.39. The third-order valence-electron chi connectivity index (χ3n) is 2.04. The predicted molar refractivity (Wildman–Crippen MR) is 63.4 cm³/mol. The van der Waals surface area contributed by atoms with Gasteiger partial charge in [-0.25, -0.2) is 10.1 Å². The summed E-state index contributed by atoms with van der Waals surface area (Å²) < 4.78 is 4.97. The van der Waals surface area contributed by atoms with Gasteiger partial charge in [-0.15, -0.1) is 0 Å². The van der Waals surface area contributed by atoms with Crippen molar-refractivity contribution in [1.29, 1.82) is 0 Å². The average Bonchev–Trinajstić information content (AvgIpc) is 2.25. The molecule has 1 rings (SSSR count). The van der Waals surface area contributed by atoms with Crippen LogP contribution < -0.4 is 5.32 Å². The van der Waals surface area contributed by atoms with Crippen molar-refractivity contribution in [2.24, 2.45) is 0 Å². The van der Waals surface area contributed by atoms with E-state index in [0.29, 0.717) is 6.61 Å². The van der Waals surface area contributed by atoms with Gasteiger partial charge in [0.1, 0.15) is 0 Å². The Kier molecular flexibility index (Phi) is 5.40. The monoisotopic (exact) mass is 220 g/mol. The summed E-state index contributed by atoms with van der Waals surface area (Å²) in [5.41, 5.74) is 1.26. The molecule has 0 saturated carbocycles. The van der Waals surface area contributed by atoms with Gasteiger partial charge in [-0.05, 0) is 32.3 Å². The summed E-state index contributed by atoms with van der Waals surface area (Å²) in [6, 6.07) is 10.2. The standard InChI is InChI=1S/C13H18NO2/c1-11(2)14-13(15)16-10-6-9-12-7-4-3-5-8-12/h3-5,7-8,11H,6,9-10H2,1-2H3. The first kappa shape index (κ1) is 12.6. The lowest BCUT2D eigenvalue weighted by Crippen LogP contribution is -2.23. The van der Waals surface area contributed by atoms with Crippen LogP contribution in [0.4, 0.5) is 4.79 Å². The van der Waals surface area contributed by atoms with Crippen LogP contribution >= 0.6 is 0 Å². The van der Waals surface area contributed by atoms with E-state index in [0.717, 1.165) is 12.8 Å². The van der Waals surface area contributed by atoms with E-state index in [9.17, 15) is 4.79 Å². The van der Waals surface area contributed by atoms with Gasteiger partial charge in [0.2, 0.25) is 0 Å². The largest absolute Gasteiger partial charge is 0.448 e. The summed E-state index contributed by atoms with van der Waals surface area (Å²) >= 11 is 0. The molecule has 1 amide bonds. The molecule has 87 valence electrons. The molecule has 0 bridgehead atoms.